The van der Waals surface area contributed by atoms with Gasteiger partial charge in [-0.15, -0.1) is 0 Å². The number of benzene rings is 1. The van der Waals surface area contributed by atoms with Gasteiger partial charge in [0, 0.05) is 6.61 Å². The Morgan fingerprint density at radius 2 is 2.06 bits per heavy atom. The van der Waals surface area contributed by atoms with Crippen LogP contribution in [0.3, 0.4) is 0 Å². The van der Waals surface area contributed by atoms with E-state index in [0.717, 1.165) is 23.8 Å². The minimum Gasteiger partial charge on any atom is -0.493 e. The first-order valence-electron chi connectivity index (χ1n) is 6.54. The molecule has 1 N–H and O–H groups in total. The Kier molecular flexibility index (Phi) is 4.06. The van der Waals surface area contributed by atoms with Gasteiger partial charge in [-0.3, -0.25) is 0 Å². The van der Waals surface area contributed by atoms with E-state index in [1.807, 2.05) is 0 Å². The lowest BCUT2D eigenvalue weighted by molar-refractivity contribution is 0.178. The Morgan fingerprint density at radius 1 is 1.29 bits per heavy atom. The molecular weight excluding hydrogens is 212 g/mol. The molecule has 2 heteroatoms. The van der Waals surface area contributed by atoms with E-state index in [0.29, 0.717) is 6.42 Å². The Bertz CT molecular complexity index is 381. The standard InChI is InChI=1S/C15H22O2/c1-11-8-12(2)15(14(9-11)6-7-16)17-10-13-4-3-5-13/h8-9,13,16H,3-7,10H2,1-2H3. The lowest BCUT2D eigenvalue weighted by Gasteiger charge is -2.26. The molecule has 1 aliphatic carbocycles. The van der Waals surface area contributed by atoms with Crippen molar-refractivity contribution < 1.29 is 9.84 Å². The first kappa shape index (κ1) is 12.4. The number of aliphatic hydroxyl groups excluding tert-OH is 1. The molecule has 0 amide bonds. The van der Waals surface area contributed by atoms with Crippen LogP contribution in [0.5, 0.6) is 5.75 Å². The highest BCUT2D eigenvalue weighted by molar-refractivity contribution is 5.44. The van der Waals surface area contributed by atoms with Crippen molar-refractivity contribution >= 4 is 0 Å². The lowest BCUT2D eigenvalue weighted by Crippen LogP contribution is -2.20. The molecule has 0 aromatic heterocycles. The van der Waals surface area contributed by atoms with Crippen LogP contribution in [-0.2, 0) is 6.42 Å². The second-order valence-corrected chi connectivity index (χ2v) is 5.15. The van der Waals surface area contributed by atoms with E-state index < -0.39 is 0 Å². The summed E-state index contributed by atoms with van der Waals surface area (Å²) in [6, 6.07) is 4.27. The van der Waals surface area contributed by atoms with Crippen molar-refractivity contribution in [3.63, 3.8) is 0 Å². The van der Waals surface area contributed by atoms with E-state index >= 15 is 0 Å². The number of hydrogen-bond donors (Lipinski definition) is 1. The maximum Gasteiger partial charge on any atom is 0.125 e. The van der Waals surface area contributed by atoms with Gasteiger partial charge in [-0.25, -0.2) is 0 Å². The van der Waals surface area contributed by atoms with Crippen LogP contribution in [0.2, 0.25) is 0 Å². The molecule has 94 valence electrons. The molecule has 0 radical (unpaired) electrons. The summed E-state index contributed by atoms with van der Waals surface area (Å²) < 4.78 is 5.97. The smallest absolute Gasteiger partial charge is 0.125 e. The van der Waals surface area contributed by atoms with Crippen LogP contribution >= 0.6 is 0 Å². The van der Waals surface area contributed by atoms with Crippen LogP contribution in [-0.4, -0.2) is 18.3 Å². The molecule has 1 saturated carbocycles. The fraction of sp³-hybridized carbons (Fsp3) is 0.600. The van der Waals surface area contributed by atoms with E-state index in [2.05, 4.69) is 26.0 Å². The topological polar surface area (TPSA) is 29.5 Å². The van der Waals surface area contributed by atoms with E-state index in [-0.39, 0.29) is 6.61 Å². The molecule has 0 unspecified atom stereocenters. The maximum absolute atomic E-state index is 9.11. The van der Waals surface area contributed by atoms with E-state index in [1.165, 1.54) is 30.4 Å². The summed E-state index contributed by atoms with van der Waals surface area (Å²) in [6.07, 6.45) is 4.65. The van der Waals surface area contributed by atoms with Crippen LogP contribution in [0.4, 0.5) is 0 Å². The van der Waals surface area contributed by atoms with Crippen LogP contribution in [0.15, 0.2) is 12.1 Å². The number of aryl methyl sites for hydroxylation is 2. The Balaban J connectivity index is 2.11. The molecule has 0 bridgehead atoms. The summed E-state index contributed by atoms with van der Waals surface area (Å²) in [4.78, 5) is 0. The lowest BCUT2D eigenvalue weighted by atomic mass is 9.86. The quantitative estimate of drug-likeness (QED) is 0.848. The molecule has 0 atom stereocenters. The zero-order valence-corrected chi connectivity index (χ0v) is 10.8. The van der Waals surface area contributed by atoms with Gasteiger partial charge in [0.05, 0.1) is 6.61 Å². The van der Waals surface area contributed by atoms with Gasteiger partial charge in [0.15, 0.2) is 0 Å². The average Bonchev–Trinajstić information content (AvgIpc) is 2.19. The zero-order chi connectivity index (χ0) is 12.3. The molecule has 2 nitrogen and oxygen atoms in total. The maximum atomic E-state index is 9.11. The van der Waals surface area contributed by atoms with Crippen molar-refractivity contribution in [2.75, 3.05) is 13.2 Å². The molecule has 17 heavy (non-hydrogen) atoms. The van der Waals surface area contributed by atoms with Gasteiger partial charge in [0.1, 0.15) is 5.75 Å². The second kappa shape index (κ2) is 5.54. The van der Waals surface area contributed by atoms with Crippen LogP contribution < -0.4 is 4.74 Å². The first-order chi connectivity index (χ1) is 8.20. The highest BCUT2D eigenvalue weighted by Crippen LogP contribution is 2.30. The van der Waals surface area contributed by atoms with Crippen molar-refractivity contribution in [2.24, 2.45) is 5.92 Å². The third-order valence-corrected chi connectivity index (χ3v) is 3.57. The van der Waals surface area contributed by atoms with Crippen LogP contribution in [0, 0.1) is 19.8 Å². The third kappa shape index (κ3) is 3.01. The van der Waals surface area contributed by atoms with Gasteiger partial charge in [0.25, 0.3) is 0 Å². The fourth-order valence-electron chi connectivity index (χ4n) is 2.42. The molecule has 0 aliphatic heterocycles. The third-order valence-electron chi connectivity index (χ3n) is 3.57. The first-order valence-corrected chi connectivity index (χ1v) is 6.54. The van der Waals surface area contributed by atoms with Gasteiger partial charge >= 0.3 is 0 Å². The van der Waals surface area contributed by atoms with Crippen LogP contribution in [0.25, 0.3) is 0 Å². The Morgan fingerprint density at radius 3 is 2.65 bits per heavy atom. The molecule has 0 saturated heterocycles. The normalized spacial score (nSPS) is 15.7. The number of aliphatic hydroxyl groups is 1. The number of hydrogen-bond acceptors (Lipinski definition) is 2. The van der Waals surface area contributed by atoms with Crippen molar-refractivity contribution in [2.45, 2.75) is 39.5 Å². The molecule has 2 rings (SSSR count). The summed E-state index contributed by atoms with van der Waals surface area (Å²) >= 11 is 0. The molecular formula is C15H22O2. The Labute approximate surface area is 104 Å². The van der Waals surface area contributed by atoms with E-state index in [9.17, 15) is 0 Å². The number of rotatable bonds is 5. The van der Waals surface area contributed by atoms with Gasteiger partial charge in [-0.1, -0.05) is 24.1 Å². The van der Waals surface area contributed by atoms with Crippen molar-refractivity contribution in [3.05, 3.63) is 28.8 Å². The van der Waals surface area contributed by atoms with E-state index in [4.69, 9.17) is 9.84 Å². The predicted molar refractivity (Wildman–Crippen MR) is 69.5 cm³/mol. The summed E-state index contributed by atoms with van der Waals surface area (Å²) in [5.41, 5.74) is 3.57. The summed E-state index contributed by atoms with van der Waals surface area (Å²) in [5, 5.41) is 9.11. The van der Waals surface area contributed by atoms with Gasteiger partial charge < -0.3 is 9.84 Å². The van der Waals surface area contributed by atoms with Crippen molar-refractivity contribution in [3.8, 4) is 5.75 Å². The van der Waals surface area contributed by atoms with Gasteiger partial charge in [-0.05, 0) is 50.2 Å². The van der Waals surface area contributed by atoms with E-state index in [1.54, 1.807) is 0 Å². The van der Waals surface area contributed by atoms with Crippen molar-refractivity contribution in [1.29, 1.82) is 0 Å². The van der Waals surface area contributed by atoms with Crippen LogP contribution in [0.1, 0.15) is 36.0 Å². The SMILES string of the molecule is Cc1cc(C)c(OCC2CCC2)c(CCO)c1. The highest BCUT2D eigenvalue weighted by Gasteiger charge is 2.19. The molecule has 0 heterocycles. The summed E-state index contributed by atoms with van der Waals surface area (Å²) in [6.45, 7) is 5.19. The fourth-order valence-corrected chi connectivity index (χ4v) is 2.42. The minimum absolute atomic E-state index is 0.183. The molecule has 1 aromatic rings. The van der Waals surface area contributed by atoms with Gasteiger partial charge in [-0.2, -0.15) is 0 Å². The Hall–Kier alpha value is -1.02. The monoisotopic (exact) mass is 234 g/mol. The van der Waals surface area contributed by atoms with Crippen molar-refractivity contribution in [1.82, 2.24) is 0 Å². The number of ether oxygens (including phenoxy) is 1. The molecule has 1 aliphatic rings. The summed E-state index contributed by atoms with van der Waals surface area (Å²) in [7, 11) is 0. The largest absolute Gasteiger partial charge is 0.493 e. The minimum atomic E-state index is 0.183. The average molecular weight is 234 g/mol. The summed E-state index contributed by atoms with van der Waals surface area (Å²) in [5.74, 6) is 1.74. The van der Waals surface area contributed by atoms with Gasteiger partial charge in [0.2, 0.25) is 0 Å². The zero-order valence-electron chi connectivity index (χ0n) is 10.8. The molecule has 1 aromatic carbocycles. The second-order valence-electron chi connectivity index (χ2n) is 5.15. The predicted octanol–water partition coefficient (Wildman–Crippen LogP) is 3.02. The molecule has 1 fully saturated rings. The molecule has 0 spiro atoms. The highest BCUT2D eigenvalue weighted by atomic mass is 16.5.